The molecular formula is C29H52N3O13PSSi2. The molecule has 0 aromatic carbocycles. The molecule has 1 saturated heterocycles. The van der Waals surface area contributed by atoms with Crippen LogP contribution in [0.25, 0.3) is 0 Å². The number of nitrogens with two attached hydrogens (primary N) is 1. The first kappa shape index (κ1) is 41.5. The molecule has 0 amide bonds. The second-order valence-corrected chi connectivity index (χ2v) is 28.1. The topological polar surface area (TPSA) is 214 Å². The minimum Gasteiger partial charge on any atom is -0.460 e. The maximum atomic E-state index is 14.1. The van der Waals surface area contributed by atoms with Gasteiger partial charge in [0, 0.05) is 18.3 Å². The summed E-state index contributed by atoms with van der Waals surface area (Å²) in [6, 6.07) is 0. The first-order valence-corrected chi connectivity index (χ1v) is 24.7. The fraction of sp³-hybridized carbons (Fsp3) is 0.759. The Morgan fingerprint density at radius 2 is 1.67 bits per heavy atom. The van der Waals surface area contributed by atoms with Gasteiger partial charge >= 0.3 is 19.0 Å². The van der Waals surface area contributed by atoms with Gasteiger partial charge in [-0.2, -0.15) is 8.42 Å². The van der Waals surface area contributed by atoms with E-state index in [0.717, 1.165) is 21.7 Å². The van der Waals surface area contributed by atoms with Crippen LogP contribution in [0.2, 0.25) is 36.3 Å². The summed E-state index contributed by atoms with van der Waals surface area (Å²) in [5.41, 5.74) is 1.65. The Labute approximate surface area is 289 Å². The number of ether oxygens (including phenoxy) is 2. The molecule has 20 heteroatoms. The molecule has 3 rings (SSSR count). The maximum absolute atomic E-state index is 14.1. The highest BCUT2D eigenvalue weighted by molar-refractivity contribution is 7.90. The minimum absolute atomic E-state index is 0.112. The standard InChI is InChI=1S/C29H52N3O13PSSi2/c1-19-16-32(25(34)31(23(19)33)14-13-15-41-46(36,37)26(35)40-8)24-22(44-49(11,12)28(5,6)7)29(20(30)18-47(38,39)45-29)21(43-24)17-42-48(9,10)27(2,3)4/h16,18,21-22,24H,13-15,17,30H2,1-12H3,(H,36,37)/t21-,22+,24-,29-/m1/s1. The lowest BCUT2D eigenvalue weighted by molar-refractivity contribution is -0.0567. The number of carbonyl (C=O) groups excluding carboxylic acids is 1. The molecule has 0 radical (unpaired) electrons. The van der Waals surface area contributed by atoms with Crippen LogP contribution in [0.1, 0.15) is 59.8 Å². The molecule has 2 aliphatic rings. The molecule has 2 aliphatic heterocycles. The van der Waals surface area contributed by atoms with Crippen molar-refractivity contribution in [1.82, 2.24) is 9.13 Å². The number of methoxy groups -OCH3 is 1. The third-order valence-electron chi connectivity index (χ3n) is 9.91. The van der Waals surface area contributed by atoms with Gasteiger partial charge in [-0.1, -0.05) is 41.5 Å². The average Bonchev–Trinajstić information content (AvgIpc) is 3.37. The summed E-state index contributed by atoms with van der Waals surface area (Å²) in [6.45, 7) is 20.7. The molecule has 5 atom stereocenters. The summed E-state index contributed by atoms with van der Waals surface area (Å²) >= 11 is 0. The summed E-state index contributed by atoms with van der Waals surface area (Å²) in [6.07, 6.45) is -2.60. The number of aryl methyl sites for hydroxylation is 1. The SMILES string of the molecule is COC(=O)P(=O)(O)OCCCn1c(=O)c(C)cn([C@@H]2O[C@H](CO[Si](C)(C)C(C)(C)C)[C@@]3(OS(=O)(=O)C=C3N)[C@H]2O[Si](C)(C)C(C)(C)C)c1=O. The lowest BCUT2D eigenvalue weighted by Gasteiger charge is -2.43. The first-order valence-electron chi connectivity index (χ1n) is 15.8. The fourth-order valence-corrected chi connectivity index (χ4v) is 9.15. The van der Waals surface area contributed by atoms with E-state index >= 15 is 0 Å². The molecule has 0 saturated carbocycles. The van der Waals surface area contributed by atoms with Gasteiger partial charge in [-0.05, 0) is 49.6 Å². The number of hydrogen-bond donors (Lipinski definition) is 2. The van der Waals surface area contributed by atoms with Crippen LogP contribution in [-0.2, 0) is 48.3 Å². The smallest absolute Gasteiger partial charge is 0.435 e. The Morgan fingerprint density at radius 1 is 1.10 bits per heavy atom. The molecule has 280 valence electrons. The van der Waals surface area contributed by atoms with Crippen LogP contribution >= 0.6 is 7.60 Å². The molecule has 1 aromatic rings. The minimum atomic E-state index is -4.73. The molecule has 1 unspecified atom stereocenters. The Morgan fingerprint density at radius 3 is 2.16 bits per heavy atom. The summed E-state index contributed by atoms with van der Waals surface area (Å²) < 4.78 is 75.0. The van der Waals surface area contributed by atoms with Crippen LogP contribution in [0.4, 0.5) is 4.79 Å². The van der Waals surface area contributed by atoms with Gasteiger partial charge in [0.15, 0.2) is 28.5 Å². The average molecular weight is 770 g/mol. The van der Waals surface area contributed by atoms with Gasteiger partial charge in [0.2, 0.25) is 0 Å². The third kappa shape index (κ3) is 8.26. The molecule has 49 heavy (non-hydrogen) atoms. The van der Waals surface area contributed by atoms with Crippen LogP contribution in [0.15, 0.2) is 26.9 Å². The van der Waals surface area contributed by atoms with Gasteiger partial charge in [0.25, 0.3) is 15.7 Å². The highest BCUT2D eigenvalue weighted by atomic mass is 32.2. The first-order chi connectivity index (χ1) is 22.0. The summed E-state index contributed by atoms with van der Waals surface area (Å²) in [4.78, 5) is 48.6. The second kappa shape index (κ2) is 13.9. The van der Waals surface area contributed by atoms with E-state index in [1.165, 1.54) is 13.1 Å². The zero-order valence-corrected chi connectivity index (χ0v) is 34.1. The van der Waals surface area contributed by atoms with Crippen LogP contribution in [0.3, 0.4) is 0 Å². The molecule has 1 fully saturated rings. The van der Waals surface area contributed by atoms with Crippen LogP contribution in [0.5, 0.6) is 0 Å². The summed E-state index contributed by atoms with van der Waals surface area (Å²) in [5.74, 6) is 0. The van der Waals surface area contributed by atoms with E-state index in [4.69, 9.17) is 28.0 Å². The van der Waals surface area contributed by atoms with Crippen molar-refractivity contribution in [3.8, 4) is 0 Å². The predicted octanol–water partition coefficient (Wildman–Crippen LogP) is 3.89. The molecule has 3 N–H and O–H groups in total. The van der Waals surface area contributed by atoms with Crippen molar-refractivity contribution in [2.45, 2.75) is 122 Å². The number of nitrogens with zero attached hydrogens (tertiary/aromatic N) is 2. The van der Waals surface area contributed by atoms with E-state index in [1.807, 2.05) is 67.7 Å². The Balaban J connectivity index is 2.18. The quantitative estimate of drug-likeness (QED) is 0.134. The fourth-order valence-electron chi connectivity index (χ4n) is 4.93. The Hall–Kier alpha value is -1.94. The van der Waals surface area contributed by atoms with E-state index in [0.29, 0.717) is 0 Å². The number of rotatable bonds is 12. The predicted molar refractivity (Wildman–Crippen MR) is 187 cm³/mol. The van der Waals surface area contributed by atoms with Gasteiger partial charge in [0.05, 0.1) is 31.4 Å². The largest absolute Gasteiger partial charge is 0.460 e. The van der Waals surface area contributed by atoms with Crippen molar-refractivity contribution < 1.29 is 49.7 Å². The van der Waals surface area contributed by atoms with Crippen molar-refractivity contribution in [2.24, 2.45) is 5.73 Å². The maximum Gasteiger partial charge on any atom is 0.435 e. The van der Waals surface area contributed by atoms with E-state index < -0.39 is 82.0 Å². The van der Waals surface area contributed by atoms with Crippen molar-refractivity contribution >= 4 is 40.1 Å². The third-order valence-corrected chi connectivity index (χ3v) is 21.1. The molecule has 16 nitrogen and oxygen atoms in total. The highest BCUT2D eigenvalue weighted by Gasteiger charge is 2.67. The highest BCUT2D eigenvalue weighted by Crippen LogP contribution is 2.52. The van der Waals surface area contributed by atoms with Gasteiger partial charge in [-0.25, -0.2) is 18.3 Å². The Bertz CT molecular complexity index is 1740. The van der Waals surface area contributed by atoms with Gasteiger partial charge < -0.3 is 33.5 Å². The monoisotopic (exact) mass is 769 g/mol. The Kier molecular flexibility index (Phi) is 11.8. The van der Waals surface area contributed by atoms with E-state index in [-0.39, 0.29) is 40.9 Å². The number of aromatic nitrogens is 2. The molecule has 1 spiro atoms. The molecule has 3 heterocycles. The van der Waals surface area contributed by atoms with Crippen molar-refractivity contribution in [1.29, 1.82) is 0 Å². The molecular weight excluding hydrogens is 718 g/mol. The van der Waals surface area contributed by atoms with Gasteiger partial charge in [-0.3, -0.25) is 13.9 Å². The molecule has 1 aromatic heterocycles. The normalized spacial score (nSPS) is 25.7. The molecule has 0 bridgehead atoms. The van der Waals surface area contributed by atoms with Crippen LogP contribution < -0.4 is 17.0 Å². The van der Waals surface area contributed by atoms with E-state index in [1.54, 1.807) is 0 Å². The van der Waals surface area contributed by atoms with Crippen molar-refractivity contribution in [3.63, 3.8) is 0 Å². The summed E-state index contributed by atoms with van der Waals surface area (Å²) in [7, 11) is -13.4. The van der Waals surface area contributed by atoms with E-state index in [2.05, 4.69) is 4.74 Å². The van der Waals surface area contributed by atoms with Crippen LogP contribution in [0, 0.1) is 6.92 Å². The lowest BCUT2D eigenvalue weighted by Crippen LogP contribution is -2.59. The summed E-state index contributed by atoms with van der Waals surface area (Å²) in [5, 5.41) is 0.219. The zero-order valence-electron chi connectivity index (χ0n) is 30.4. The number of hydrogen-bond acceptors (Lipinski definition) is 13. The van der Waals surface area contributed by atoms with Gasteiger partial charge in [0.1, 0.15) is 12.2 Å². The number of carbonyl (C=O) groups is 1. The van der Waals surface area contributed by atoms with Crippen molar-refractivity contribution in [3.05, 3.63) is 43.7 Å². The van der Waals surface area contributed by atoms with Crippen molar-refractivity contribution in [2.75, 3.05) is 20.3 Å². The van der Waals surface area contributed by atoms with Crippen LogP contribution in [-0.4, -0.2) is 82.9 Å². The lowest BCUT2D eigenvalue weighted by atomic mass is 9.89. The zero-order chi connectivity index (χ0) is 37.8. The molecule has 0 aliphatic carbocycles. The second-order valence-electron chi connectivity index (χ2n) is 15.5. The van der Waals surface area contributed by atoms with E-state index in [9.17, 15) is 32.3 Å². The van der Waals surface area contributed by atoms with Gasteiger partial charge in [-0.15, -0.1) is 0 Å².